The molecule has 0 unspecified atom stereocenters. The van der Waals surface area contributed by atoms with Gasteiger partial charge in [-0.25, -0.2) is 8.42 Å². The van der Waals surface area contributed by atoms with E-state index in [1.54, 1.807) is 36.4 Å². The van der Waals surface area contributed by atoms with Gasteiger partial charge in [0.05, 0.1) is 21.9 Å². The maximum Gasteiger partial charge on any atom is 0.322 e. The topological polar surface area (TPSA) is 102 Å². The summed E-state index contributed by atoms with van der Waals surface area (Å²) >= 11 is 5.97. The van der Waals surface area contributed by atoms with Crippen molar-refractivity contribution in [3.63, 3.8) is 0 Å². The number of carbonyl (C=O) groups excluding carboxylic acids is 1. The monoisotopic (exact) mass is 391 g/mol. The lowest BCUT2D eigenvalue weighted by atomic mass is 10.1. The fraction of sp³-hybridized carbons (Fsp3) is 0.118. The number of hydrogen-bond acceptors (Lipinski definition) is 6. The van der Waals surface area contributed by atoms with Gasteiger partial charge in [-0.2, -0.15) is 0 Å². The minimum Gasteiger partial charge on any atom is -0.407 e. The van der Waals surface area contributed by atoms with Crippen molar-refractivity contribution in [2.75, 3.05) is 11.6 Å². The second-order valence-electron chi connectivity index (χ2n) is 5.53. The van der Waals surface area contributed by atoms with Gasteiger partial charge in [-0.1, -0.05) is 41.0 Å². The molecule has 9 heteroatoms. The molecule has 0 aliphatic rings. The number of carbonyl (C=O) groups is 1. The number of aromatic nitrogens is 2. The Morgan fingerprint density at radius 3 is 2.46 bits per heavy atom. The van der Waals surface area contributed by atoms with Crippen LogP contribution in [-0.4, -0.2) is 30.8 Å². The van der Waals surface area contributed by atoms with Gasteiger partial charge in [0.2, 0.25) is 5.89 Å². The van der Waals surface area contributed by atoms with Crippen molar-refractivity contribution in [3.8, 4) is 0 Å². The van der Waals surface area contributed by atoms with Crippen LogP contribution in [0.5, 0.6) is 0 Å². The van der Waals surface area contributed by atoms with Crippen molar-refractivity contribution >= 4 is 33.4 Å². The highest BCUT2D eigenvalue weighted by Crippen LogP contribution is 2.18. The number of anilines is 1. The SMILES string of the molecule is CS(=O)(=O)c1ccc(Cc2nnc(NC(=O)c3ccccc3Cl)o2)cc1. The van der Waals surface area contributed by atoms with Crippen molar-refractivity contribution in [2.24, 2.45) is 0 Å². The van der Waals surface area contributed by atoms with E-state index in [1.165, 1.54) is 12.1 Å². The van der Waals surface area contributed by atoms with E-state index >= 15 is 0 Å². The molecule has 0 saturated heterocycles. The second-order valence-corrected chi connectivity index (χ2v) is 7.95. The Labute approximate surface area is 154 Å². The third-order valence-electron chi connectivity index (χ3n) is 3.51. The predicted molar refractivity (Wildman–Crippen MR) is 96.1 cm³/mol. The van der Waals surface area contributed by atoms with E-state index in [-0.39, 0.29) is 16.8 Å². The number of rotatable bonds is 5. The Balaban J connectivity index is 1.68. The van der Waals surface area contributed by atoms with Gasteiger partial charge in [-0.3, -0.25) is 10.1 Å². The van der Waals surface area contributed by atoms with Crippen molar-refractivity contribution in [1.29, 1.82) is 0 Å². The van der Waals surface area contributed by atoms with Gasteiger partial charge >= 0.3 is 6.01 Å². The van der Waals surface area contributed by atoms with E-state index < -0.39 is 15.7 Å². The number of nitrogens with zero attached hydrogens (tertiary/aromatic N) is 2. The Morgan fingerprint density at radius 2 is 1.81 bits per heavy atom. The van der Waals surface area contributed by atoms with Crippen LogP contribution in [0.3, 0.4) is 0 Å². The van der Waals surface area contributed by atoms with E-state index in [2.05, 4.69) is 15.5 Å². The number of hydrogen-bond donors (Lipinski definition) is 1. The molecule has 3 aromatic rings. The summed E-state index contributed by atoms with van der Waals surface area (Å²) in [5, 5.41) is 10.5. The molecule has 0 spiro atoms. The normalized spacial score (nSPS) is 11.3. The summed E-state index contributed by atoms with van der Waals surface area (Å²) in [6.07, 6.45) is 1.45. The summed E-state index contributed by atoms with van der Waals surface area (Å²) in [4.78, 5) is 12.4. The molecule has 1 N–H and O–H groups in total. The highest BCUT2D eigenvalue weighted by molar-refractivity contribution is 7.90. The number of nitrogens with one attached hydrogen (secondary N) is 1. The zero-order valence-electron chi connectivity index (χ0n) is 13.6. The first-order valence-electron chi connectivity index (χ1n) is 7.50. The quantitative estimate of drug-likeness (QED) is 0.717. The van der Waals surface area contributed by atoms with E-state index in [9.17, 15) is 13.2 Å². The molecule has 134 valence electrons. The molecule has 1 aromatic heterocycles. The van der Waals surface area contributed by atoms with Crippen LogP contribution in [0.25, 0.3) is 0 Å². The summed E-state index contributed by atoms with van der Waals surface area (Å²) in [6, 6.07) is 12.9. The predicted octanol–water partition coefficient (Wildman–Crippen LogP) is 2.97. The van der Waals surface area contributed by atoms with Crippen LogP contribution < -0.4 is 5.32 Å². The van der Waals surface area contributed by atoms with Crippen molar-refractivity contribution in [2.45, 2.75) is 11.3 Å². The lowest BCUT2D eigenvalue weighted by molar-refractivity contribution is 0.102. The van der Waals surface area contributed by atoms with Gasteiger partial charge < -0.3 is 4.42 Å². The largest absolute Gasteiger partial charge is 0.407 e. The van der Waals surface area contributed by atoms with Crippen LogP contribution in [0.4, 0.5) is 6.01 Å². The minimum atomic E-state index is -3.24. The maximum atomic E-state index is 12.2. The van der Waals surface area contributed by atoms with Crippen molar-refractivity contribution < 1.29 is 17.6 Å². The van der Waals surface area contributed by atoms with Crippen LogP contribution in [0.2, 0.25) is 5.02 Å². The number of halogens is 1. The first-order chi connectivity index (χ1) is 12.3. The zero-order chi connectivity index (χ0) is 18.7. The van der Waals surface area contributed by atoms with E-state index in [1.807, 2.05) is 0 Å². The van der Waals surface area contributed by atoms with E-state index in [4.69, 9.17) is 16.0 Å². The van der Waals surface area contributed by atoms with Gasteiger partial charge in [-0.05, 0) is 29.8 Å². The van der Waals surface area contributed by atoms with E-state index in [0.717, 1.165) is 11.8 Å². The molecule has 0 atom stereocenters. The Kier molecular flexibility index (Phi) is 5.06. The summed E-state index contributed by atoms with van der Waals surface area (Å²) in [7, 11) is -3.24. The van der Waals surface area contributed by atoms with Crippen LogP contribution in [0.15, 0.2) is 57.8 Å². The van der Waals surface area contributed by atoms with Gasteiger partial charge in [0.1, 0.15) is 0 Å². The van der Waals surface area contributed by atoms with Crippen molar-refractivity contribution in [3.05, 3.63) is 70.6 Å². The summed E-state index contributed by atoms with van der Waals surface area (Å²) < 4.78 is 28.3. The Morgan fingerprint density at radius 1 is 1.12 bits per heavy atom. The lowest BCUT2D eigenvalue weighted by Crippen LogP contribution is -2.12. The number of amides is 1. The minimum absolute atomic E-state index is 0.0438. The third-order valence-corrected chi connectivity index (χ3v) is 4.97. The average Bonchev–Trinajstić information content (AvgIpc) is 3.01. The van der Waals surface area contributed by atoms with Gasteiger partial charge in [-0.15, -0.1) is 5.10 Å². The lowest BCUT2D eigenvalue weighted by Gasteiger charge is -2.02. The van der Waals surface area contributed by atoms with Gasteiger partial charge in [0.15, 0.2) is 9.84 Å². The molecule has 0 bridgehead atoms. The molecule has 2 aromatic carbocycles. The molecule has 0 aliphatic heterocycles. The van der Waals surface area contributed by atoms with Gasteiger partial charge in [0.25, 0.3) is 5.91 Å². The third kappa shape index (κ3) is 4.27. The molecule has 26 heavy (non-hydrogen) atoms. The van der Waals surface area contributed by atoms with Crippen LogP contribution in [-0.2, 0) is 16.3 Å². The Hall–Kier alpha value is -2.71. The highest BCUT2D eigenvalue weighted by Gasteiger charge is 2.14. The fourth-order valence-corrected chi connectivity index (χ4v) is 3.07. The Bertz CT molecular complexity index is 1050. The van der Waals surface area contributed by atoms with Gasteiger partial charge in [0, 0.05) is 6.26 Å². The van der Waals surface area contributed by atoms with Crippen LogP contribution >= 0.6 is 11.6 Å². The molecule has 0 aliphatic carbocycles. The summed E-state index contributed by atoms with van der Waals surface area (Å²) in [5.41, 5.74) is 1.09. The molecule has 3 rings (SSSR count). The molecular formula is C17H14ClN3O4S. The molecule has 7 nitrogen and oxygen atoms in total. The molecule has 1 amide bonds. The average molecular weight is 392 g/mol. The first-order valence-corrected chi connectivity index (χ1v) is 9.77. The molecular weight excluding hydrogens is 378 g/mol. The number of benzene rings is 2. The maximum absolute atomic E-state index is 12.2. The smallest absolute Gasteiger partial charge is 0.322 e. The van der Waals surface area contributed by atoms with Crippen LogP contribution in [0.1, 0.15) is 21.8 Å². The van der Waals surface area contributed by atoms with Crippen LogP contribution in [0, 0.1) is 0 Å². The second kappa shape index (κ2) is 7.27. The standard InChI is InChI=1S/C17H14ClN3O4S/c1-26(23,24)12-8-6-11(7-9-12)10-15-20-21-17(25-15)19-16(22)13-4-2-3-5-14(13)18/h2-9H,10H2,1H3,(H,19,21,22). The highest BCUT2D eigenvalue weighted by atomic mass is 35.5. The van der Waals surface area contributed by atoms with E-state index in [0.29, 0.717) is 17.0 Å². The first kappa shape index (κ1) is 18.1. The molecule has 0 fully saturated rings. The van der Waals surface area contributed by atoms with Crippen molar-refractivity contribution in [1.82, 2.24) is 10.2 Å². The summed E-state index contributed by atoms with van der Waals surface area (Å²) in [6.45, 7) is 0. The zero-order valence-corrected chi connectivity index (χ0v) is 15.2. The molecule has 0 radical (unpaired) electrons. The fourth-order valence-electron chi connectivity index (χ4n) is 2.21. The molecule has 0 saturated carbocycles. The number of sulfone groups is 1. The summed E-state index contributed by atoms with van der Waals surface area (Å²) in [5.74, 6) is -0.171. The molecule has 1 heterocycles.